The fourth-order valence-electron chi connectivity index (χ4n) is 5.42. The minimum Gasteiger partial charge on any atom is -0.496 e. The molecular formula is C38H32O2P2S. The quantitative estimate of drug-likeness (QED) is 0.157. The van der Waals surface area contributed by atoms with E-state index in [1.165, 1.54) is 31.8 Å². The average Bonchev–Trinajstić information content (AvgIpc) is 3.07. The molecule has 0 heterocycles. The van der Waals surface area contributed by atoms with Gasteiger partial charge in [-0.1, -0.05) is 146 Å². The molecule has 0 spiro atoms. The van der Waals surface area contributed by atoms with Crippen LogP contribution in [-0.2, 0) is 0 Å². The first-order valence-electron chi connectivity index (χ1n) is 13.9. The van der Waals surface area contributed by atoms with Crippen LogP contribution in [0.3, 0.4) is 0 Å². The van der Waals surface area contributed by atoms with E-state index in [2.05, 4.69) is 158 Å². The van der Waals surface area contributed by atoms with Crippen molar-refractivity contribution in [3.8, 4) is 22.6 Å². The van der Waals surface area contributed by atoms with Crippen LogP contribution in [0.5, 0.6) is 11.5 Å². The van der Waals surface area contributed by atoms with Crippen molar-refractivity contribution < 1.29 is 9.47 Å². The zero-order valence-corrected chi connectivity index (χ0v) is 26.7. The molecule has 0 N–H and O–H groups in total. The van der Waals surface area contributed by atoms with Crippen molar-refractivity contribution in [2.45, 2.75) is 0 Å². The Labute approximate surface area is 264 Å². The SMILES string of the molecule is COc1cccc(P(c2ccccc2)c2ccccc2)c1-c1c(OC)cccc1P(c1ccccc1)c1ccccc1.[S]. The summed E-state index contributed by atoms with van der Waals surface area (Å²) in [6.07, 6.45) is 0. The van der Waals surface area contributed by atoms with Crippen LogP contribution in [0.15, 0.2) is 158 Å². The molecular weight excluding hydrogens is 582 g/mol. The fourth-order valence-corrected chi connectivity index (χ4v) is 10.4. The molecule has 6 rings (SSSR count). The maximum atomic E-state index is 6.17. The molecule has 0 amide bonds. The Bertz CT molecular complexity index is 1540. The summed E-state index contributed by atoms with van der Waals surface area (Å²) < 4.78 is 12.3. The van der Waals surface area contributed by atoms with Gasteiger partial charge in [-0.25, -0.2) is 0 Å². The molecule has 5 heteroatoms. The fraction of sp³-hybridized carbons (Fsp3) is 0.0526. The molecule has 0 aliphatic carbocycles. The van der Waals surface area contributed by atoms with E-state index in [9.17, 15) is 0 Å². The van der Waals surface area contributed by atoms with Gasteiger partial charge in [-0.15, -0.1) is 0 Å². The zero-order valence-electron chi connectivity index (χ0n) is 24.1. The summed E-state index contributed by atoms with van der Waals surface area (Å²) >= 11 is 0. The van der Waals surface area contributed by atoms with Gasteiger partial charge in [0, 0.05) is 24.6 Å². The molecule has 0 aromatic heterocycles. The van der Waals surface area contributed by atoms with E-state index in [0.29, 0.717) is 0 Å². The van der Waals surface area contributed by atoms with E-state index in [1.807, 2.05) is 0 Å². The lowest BCUT2D eigenvalue weighted by Gasteiger charge is -2.28. The predicted octanol–water partition coefficient (Wildman–Crippen LogP) is 7.54. The van der Waals surface area contributed by atoms with Gasteiger partial charge < -0.3 is 9.47 Å². The molecule has 0 aliphatic heterocycles. The summed E-state index contributed by atoms with van der Waals surface area (Å²) in [6.45, 7) is 0. The van der Waals surface area contributed by atoms with Gasteiger partial charge in [0.05, 0.1) is 14.2 Å². The Morgan fingerprint density at radius 2 is 0.628 bits per heavy atom. The van der Waals surface area contributed by atoms with Crippen LogP contribution in [0.4, 0.5) is 0 Å². The number of methoxy groups -OCH3 is 2. The molecule has 6 aromatic rings. The Morgan fingerprint density at radius 3 is 0.884 bits per heavy atom. The maximum Gasteiger partial charge on any atom is 0.127 e. The van der Waals surface area contributed by atoms with Gasteiger partial charge in [0.1, 0.15) is 11.5 Å². The number of hydrogen-bond acceptors (Lipinski definition) is 2. The lowest BCUT2D eigenvalue weighted by molar-refractivity contribution is 0.411. The summed E-state index contributed by atoms with van der Waals surface area (Å²) in [5.74, 6) is 1.68. The number of hydrogen-bond donors (Lipinski definition) is 0. The van der Waals surface area contributed by atoms with Crippen LogP contribution in [0.1, 0.15) is 0 Å². The van der Waals surface area contributed by atoms with Crippen LogP contribution in [0, 0.1) is 0 Å². The predicted molar refractivity (Wildman–Crippen MR) is 190 cm³/mol. The highest BCUT2D eigenvalue weighted by Crippen LogP contribution is 2.46. The van der Waals surface area contributed by atoms with Crippen molar-refractivity contribution in [1.29, 1.82) is 0 Å². The molecule has 6 aromatic carbocycles. The van der Waals surface area contributed by atoms with Gasteiger partial charge in [-0.2, -0.15) is 0 Å². The molecule has 0 saturated carbocycles. The lowest BCUT2D eigenvalue weighted by Crippen LogP contribution is -2.26. The third kappa shape index (κ3) is 6.41. The van der Waals surface area contributed by atoms with Gasteiger partial charge in [0.25, 0.3) is 0 Å². The van der Waals surface area contributed by atoms with Gasteiger partial charge in [-0.3, -0.25) is 0 Å². The Morgan fingerprint density at radius 1 is 0.349 bits per heavy atom. The van der Waals surface area contributed by atoms with Gasteiger partial charge >= 0.3 is 0 Å². The summed E-state index contributed by atoms with van der Waals surface area (Å²) in [5.41, 5.74) is 2.18. The number of benzene rings is 6. The molecule has 43 heavy (non-hydrogen) atoms. The van der Waals surface area contributed by atoms with Crippen LogP contribution >= 0.6 is 29.3 Å². The van der Waals surface area contributed by atoms with Crippen LogP contribution in [0.25, 0.3) is 11.1 Å². The van der Waals surface area contributed by atoms with E-state index >= 15 is 0 Å². The summed E-state index contributed by atoms with van der Waals surface area (Å²) in [6, 6.07) is 56.2. The largest absolute Gasteiger partial charge is 0.496 e. The molecule has 0 saturated heterocycles. The molecule has 0 bridgehead atoms. The Kier molecular flexibility index (Phi) is 10.3. The standard InChI is InChI=1S/C38H32O2P2.S/c1-39-33-25-15-27-35(41(29-17-7-3-8-18-29)30-19-9-4-10-20-30)37(33)38-34(40-2)26-16-28-36(38)42(31-21-11-5-12-22-31)32-23-13-6-14-24-32;/h3-28H,1-2H3;. The molecule has 212 valence electrons. The highest BCUT2D eigenvalue weighted by atomic mass is 32.1. The van der Waals surface area contributed by atoms with Gasteiger partial charge in [-0.05, 0) is 59.8 Å². The number of rotatable bonds is 9. The molecule has 0 aliphatic rings. The second kappa shape index (κ2) is 14.5. The Hall–Kier alpha value is -3.87. The molecule has 0 atom stereocenters. The van der Waals surface area contributed by atoms with E-state index in [-0.39, 0.29) is 13.5 Å². The average molecular weight is 615 g/mol. The van der Waals surface area contributed by atoms with Crippen molar-refractivity contribution in [1.82, 2.24) is 0 Å². The molecule has 2 radical (unpaired) electrons. The monoisotopic (exact) mass is 614 g/mol. The molecule has 0 fully saturated rings. The first kappa shape index (κ1) is 30.6. The van der Waals surface area contributed by atoms with Gasteiger partial charge in [0.2, 0.25) is 0 Å². The minimum atomic E-state index is -0.898. The molecule has 2 nitrogen and oxygen atoms in total. The van der Waals surface area contributed by atoms with Crippen LogP contribution in [-0.4, -0.2) is 14.2 Å². The first-order valence-corrected chi connectivity index (χ1v) is 16.6. The first-order chi connectivity index (χ1) is 20.8. The van der Waals surface area contributed by atoms with Crippen molar-refractivity contribution >= 4 is 61.2 Å². The lowest BCUT2D eigenvalue weighted by atomic mass is 10.0. The topological polar surface area (TPSA) is 18.5 Å². The van der Waals surface area contributed by atoms with Crippen molar-refractivity contribution in [2.24, 2.45) is 0 Å². The van der Waals surface area contributed by atoms with Crippen molar-refractivity contribution in [2.75, 3.05) is 14.2 Å². The summed E-state index contributed by atoms with van der Waals surface area (Å²) in [5, 5.41) is 7.64. The minimum absolute atomic E-state index is 0. The zero-order chi connectivity index (χ0) is 28.7. The Balaban J connectivity index is 0.00000368. The van der Waals surface area contributed by atoms with E-state index in [4.69, 9.17) is 9.47 Å². The highest BCUT2D eigenvalue weighted by Gasteiger charge is 2.29. The third-order valence-corrected chi connectivity index (χ3v) is 12.2. The van der Waals surface area contributed by atoms with E-state index in [1.54, 1.807) is 14.2 Å². The second-order valence-corrected chi connectivity index (χ2v) is 14.1. The van der Waals surface area contributed by atoms with Crippen LogP contribution in [0.2, 0.25) is 0 Å². The van der Waals surface area contributed by atoms with E-state index in [0.717, 1.165) is 22.6 Å². The van der Waals surface area contributed by atoms with Crippen molar-refractivity contribution in [3.05, 3.63) is 158 Å². The van der Waals surface area contributed by atoms with Crippen molar-refractivity contribution in [3.63, 3.8) is 0 Å². The third-order valence-electron chi connectivity index (χ3n) is 7.24. The maximum absolute atomic E-state index is 6.17. The van der Waals surface area contributed by atoms with Crippen LogP contribution < -0.4 is 41.3 Å². The normalized spacial score (nSPS) is 10.8. The molecule has 0 unspecified atom stereocenters. The highest BCUT2D eigenvalue weighted by molar-refractivity contribution is 7.80. The smallest absolute Gasteiger partial charge is 0.127 e. The summed E-state index contributed by atoms with van der Waals surface area (Å²) in [4.78, 5) is 0. The second-order valence-electron chi connectivity index (χ2n) is 9.72. The van der Waals surface area contributed by atoms with Gasteiger partial charge in [0.15, 0.2) is 0 Å². The number of ether oxygens (including phenoxy) is 2. The van der Waals surface area contributed by atoms with E-state index < -0.39 is 15.8 Å². The summed E-state index contributed by atoms with van der Waals surface area (Å²) in [7, 11) is 1.74.